The van der Waals surface area contributed by atoms with Crippen molar-refractivity contribution in [2.24, 2.45) is 0 Å². The number of nitro benzene ring substituents is 1. The summed E-state index contributed by atoms with van der Waals surface area (Å²) >= 11 is 9.05. The van der Waals surface area contributed by atoms with E-state index in [2.05, 4.69) is 21.0 Å². The van der Waals surface area contributed by atoms with Crippen LogP contribution in [0.3, 0.4) is 0 Å². The van der Waals surface area contributed by atoms with E-state index in [1.54, 1.807) is 16.9 Å². The highest BCUT2D eigenvalue weighted by atomic mass is 79.9. The van der Waals surface area contributed by atoms with Crippen molar-refractivity contribution in [2.75, 3.05) is 0 Å². The molecule has 2 rings (SSSR count). The molecule has 7 heteroatoms. The van der Waals surface area contributed by atoms with E-state index in [4.69, 9.17) is 11.6 Å². The van der Waals surface area contributed by atoms with Crippen molar-refractivity contribution in [1.82, 2.24) is 9.78 Å². The van der Waals surface area contributed by atoms with Crippen molar-refractivity contribution in [2.45, 2.75) is 13.5 Å². The zero-order valence-electron chi connectivity index (χ0n) is 9.43. The molecule has 0 bridgehead atoms. The van der Waals surface area contributed by atoms with E-state index >= 15 is 0 Å². The normalized spacial score (nSPS) is 10.6. The number of rotatable bonds is 3. The van der Waals surface area contributed by atoms with Crippen molar-refractivity contribution in [3.05, 3.63) is 55.3 Å². The van der Waals surface area contributed by atoms with Gasteiger partial charge in [-0.1, -0.05) is 17.7 Å². The van der Waals surface area contributed by atoms with Crippen LogP contribution in [0.4, 0.5) is 5.69 Å². The molecule has 0 fully saturated rings. The minimum atomic E-state index is -0.420. The Morgan fingerprint density at radius 3 is 2.83 bits per heavy atom. The van der Waals surface area contributed by atoms with Crippen LogP contribution in [0.2, 0.25) is 5.02 Å². The van der Waals surface area contributed by atoms with E-state index in [-0.39, 0.29) is 5.69 Å². The predicted octanol–water partition coefficient (Wildman–Crippen LogP) is 3.56. The topological polar surface area (TPSA) is 61.0 Å². The Labute approximate surface area is 117 Å². The highest BCUT2D eigenvalue weighted by Gasteiger charge is 2.13. The quantitative estimate of drug-likeness (QED) is 0.638. The molecule has 1 aromatic carbocycles. The lowest BCUT2D eigenvalue weighted by molar-refractivity contribution is -0.385. The molecule has 0 aliphatic rings. The first-order chi connectivity index (χ1) is 8.49. The number of halogens is 2. The SMILES string of the molecule is Cc1c(Cl)cnn1Cc1ccc(Br)c([N+](=O)[O-])c1. The number of hydrogen-bond acceptors (Lipinski definition) is 3. The predicted molar refractivity (Wildman–Crippen MR) is 71.9 cm³/mol. The molecule has 0 saturated carbocycles. The molecule has 0 spiro atoms. The Morgan fingerprint density at radius 2 is 2.28 bits per heavy atom. The summed E-state index contributed by atoms with van der Waals surface area (Å²) in [5, 5.41) is 15.5. The Bertz CT molecular complexity index is 612. The minimum absolute atomic E-state index is 0.0448. The van der Waals surface area contributed by atoms with Gasteiger partial charge in [0.15, 0.2) is 0 Å². The van der Waals surface area contributed by atoms with E-state index < -0.39 is 4.92 Å². The maximum atomic E-state index is 10.8. The highest BCUT2D eigenvalue weighted by Crippen LogP contribution is 2.26. The fraction of sp³-hybridized carbons (Fsp3) is 0.182. The molecule has 1 heterocycles. The summed E-state index contributed by atoms with van der Waals surface area (Å²) in [7, 11) is 0. The second-order valence-corrected chi connectivity index (χ2v) is 5.04. The van der Waals surface area contributed by atoms with Gasteiger partial charge in [0.1, 0.15) is 0 Å². The van der Waals surface area contributed by atoms with Gasteiger partial charge in [-0.05, 0) is 34.5 Å². The lowest BCUT2D eigenvalue weighted by Crippen LogP contribution is -2.04. The summed E-state index contributed by atoms with van der Waals surface area (Å²) in [5.41, 5.74) is 1.68. The molecule has 0 atom stereocenters. The molecule has 0 amide bonds. The van der Waals surface area contributed by atoms with Crippen LogP contribution in [-0.4, -0.2) is 14.7 Å². The Balaban J connectivity index is 2.33. The van der Waals surface area contributed by atoms with Gasteiger partial charge in [-0.25, -0.2) is 0 Å². The molecule has 0 saturated heterocycles. The highest BCUT2D eigenvalue weighted by molar-refractivity contribution is 9.10. The maximum absolute atomic E-state index is 10.8. The molecule has 0 unspecified atom stereocenters. The minimum Gasteiger partial charge on any atom is -0.264 e. The van der Waals surface area contributed by atoms with Crippen LogP contribution in [0, 0.1) is 17.0 Å². The lowest BCUT2D eigenvalue weighted by Gasteiger charge is -2.05. The van der Waals surface area contributed by atoms with Gasteiger partial charge in [-0.2, -0.15) is 5.10 Å². The largest absolute Gasteiger partial charge is 0.283 e. The van der Waals surface area contributed by atoms with Gasteiger partial charge in [0.2, 0.25) is 0 Å². The maximum Gasteiger partial charge on any atom is 0.283 e. The third-order valence-corrected chi connectivity index (χ3v) is 3.62. The molecule has 0 N–H and O–H groups in total. The summed E-state index contributed by atoms with van der Waals surface area (Å²) in [4.78, 5) is 10.4. The van der Waals surface area contributed by atoms with E-state index in [1.807, 2.05) is 13.0 Å². The fourth-order valence-electron chi connectivity index (χ4n) is 1.55. The van der Waals surface area contributed by atoms with Crippen molar-refractivity contribution in [1.29, 1.82) is 0 Å². The van der Waals surface area contributed by atoms with Gasteiger partial charge in [-0.15, -0.1) is 0 Å². The molecule has 18 heavy (non-hydrogen) atoms. The molecule has 0 radical (unpaired) electrons. The van der Waals surface area contributed by atoms with Crippen LogP contribution in [0.15, 0.2) is 28.9 Å². The second-order valence-electron chi connectivity index (χ2n) is 3.78. The molecule has 1 aromatic heterocycles. The van der Waals surface area contributed by atoms with E-state index in [1.165, 1.54) is 6.07 Å². The van der Waals surface area contributed by atoms with Crippen LogP contribution < -0.4 is 0 Å². The van der Waals surface area contributed by atoms with Gasteiger partial charge in [0.05, 0.1) is 32.9 Å². The molecule has 0 aliphatic carbocycles. The Hall–Kier alpha value is -1.40. The van der Waals surface area contributed by atoms with Crippen LogP contribution in [0.25, 0.3) is 0 Å². The zero-order valence-corrected chi connectivity index (χ0v) is 11.8. The first-order valence-corrected chi connectivity index (χ1v) is 6.27. The third-order valence-electron chi connectivity index (χ3n) is 2.58. The van der Waals surface area contributed by atoms with Crippen molar-refractivity contribution in [3.63, 3.8) is 0 Å². The number of hydrogen-bond donors (Lipinski definition) is 0. The van der Waals surface area contributed by atoms with Crippen molar-refractivity contribution in [3.8, 4) is 0 Å². The monoisotopic (exact) mass is 329 g/mol. The van der Waals surface area contributed by atoms with Gasteiger partial charge in [0, 0.05) is 6.07 Å². The van der Waals surface area contributed by atoms with Gasteiger partial charge < -0.3 is 0 Å². The van der Waals surface area contributed by atoms with Gasteiger partial charge in [-0.3, -0.25) is 14.8 Å². The van der Waals surface area contributed by atoms with Crippen molar-refractivity contribution < 1.29 is 4.92 Å². The first kappa shape index (κ1) is 13.0. The zero-order chi connectivity index (χ0) is 13.3. The van der Waals surface area contributed by atoms with Crippen LogP contribution in [0.5, 0.6) is 0 Å². The van der Waals surface area contributed by atoms with E-state index in [9.17, 15) is 10.1 Å². The van der Waals surface area contributed by atoms with Crippen LogP contribution in [-0.2, 0) is 6.54 Å². The second kappa shape index (κ2) is 5.07. The molecule has 0 aliphatic heterocycles. The summed E-state index contributed by atoms with van der Waals surface area (Å²) in [6.07, 6.45) is 1.56. The smallest absolute Gasteiger partial charge is 0.264 e. The number of nitro groups is 1. The fourth-order valence-corrected chi connectivity index (χ4v) is 2.09. The molecule has 5 nitrogen and oxygen atoms in total. The number of benzene rings is 1. The standard InChI is InChI=1S/C11H9BrClN3O2/c1-7-10(13)5-14-15(7)6-8-2-3-9(12)11(4-8)16(17)18/h2-5H,6H2,1H3. The number of aromatic nitrogens is 2. The number of nitrogens with zero attached hydrogens (tertiary/aromatic N) is 3. The molecule has 2 aromatic rings. The Kier molecular flexibility index (Phi) is 3.68. The van der Waals surface area contributed by atoms with Crippen LogP contribution >= 0.6 is 27.5 Å². The van der Waals surface area contributed by atoms with E-state index in [0.29, 0.717) is 16.0 Å². The molecule has 94 valence electrons. The summed E-state index contributed by atoms with van der Waals surface area (Å²) in [6.45, 7) is 2.30. The molecular weight excluding hydrogens is 321 g/mol. The molecular formula is C11H9BrClN3O2. The summed E-state index contributed by atoms with van der Waals surface area (Å²) in [5.74, 6) is 0. The van der Waals surface area contributed by atoms with Crippen molar-refractivity contribution >= 4 is 33.2 Å². The average molecular weight is 331 g/mol. The third kappa shape index (κ3) is 2.54. The van der Waals surface area contributed by atoms with Gasteiger partial charge in [0.25, 0.3) is 5.69 Å². The van der Waals surface area contributed by atoms with Gasteiger partial charge >= 0.3 is 0 Å². The average Bonchev–Trinajstić information content (AvgIpc) is 2.63. The Morgan fingerprint density at radius 1 is 1.56 bits per heavy atom. The van der Waals surface area contributed by atoms with E-state index in [0.717, 1.165) is 11.3 Å². The summed E-state index contributed by atoms with van der Waals surface area (Å²) < 4.78 is 2.17. The first-order valence-electron chi connectivity index (χ1n) is 5.10. The van der Waals surface area contributed by atoms with Crippen LogP contribution in [0.1, 0.15) is 11.3 Å². The lowest BCUT2D eigenvalue weighted by atomic mass is 10.2. The summed E-state index contributed by atoms with van der Waals surface area (Å²) in [6, 6.07) is 5.00.